The van der Waals surface area contributed by atoms with E-state index in [9.17, 15) is 10.1 Å². The predicted molar refractivity (Wildman–Crippen MR) is 101 cm³/mol. The zero-order valence-electron chi connectivity index (χ0n) is 15.2. The number of carbonyl (C=O) groups excluding carboxylic acids is 1. The molecule has 0 spiro atoms. The second-order valence-corrected chi connectivity index (χ2v) is 7.26. The van der Waals surface area contributed by atoms with Gasteiger partial charge in [0.1, 0.15) is 0 Å². The molecule has 2 unspecified atom stereocenters. The number of nitrogens with zero attached hydrogens (tertiary/aromatic N) is 2. The third-order valence-corrected chi connectivity index (χ3v) is 5.77. The molecule has 132 valence electrons. The molecule has 1 N–H and O–H groups in total. The van der Waals surface area contributed by atoms with Crippen LogP contribution in [0.3, 0.4) is 0 Å². The van der Waals surface area contributed by atoms with Crippen LogP contribution >= 0.6 is 0 Å². The first-order valence-electron chi connectivity index (χ1n) is 9.27. The molecule has 1 amide bonds. The average molecular weight is 345 g/mol. The van der Waals surface area contributed by atoms with Crippen molar-refractivity contribution < 1.29 is 4.79 Å². The molecule has 2 atom stereocenters. The molecule has 4 nitrogen and oxygen atoms in total. The highest BCUT2D eigenvalue weighted by atomic mass is 16.2. The van der Waals surface area contributed by atoms with Crippen molar-refractivity contribution in [3.63, 3.8) is 0 Å². The highest BCUT2D eigenvalue weighted by Gasteiger charge is 2.43. The Morgan fingerprint density at radius 2 is 2.08 bits per heavy atom. The second-order valence-electron chi connectivity index (χ2n) is 7.26. The van der Waals surface area contributed by atoms with Gasteiger partial charge < -0.3 is 10.2 Å². The molecular formula is C22H23N3O. The fourth-order valence-electron chi connectivity index (χ4n) is 4.42. The first-order valence-corrected chi connectivity index (χ1v) is 9.27. The van der Waals surface area contributed by atoms with Gasteiger partial charge in [-0.3, -0.25) is 4.79 Å². The van der Waals surface area contributed by atoms with E-state index in [2.05, 4.69) is 30.4 Å². The molecule has 1 fully saturated rings. The van der Waals surface area contributed by atoms with Crippen LogP contribution in [0.15, 0.2) is 36.4 Å². The summed E-state index contributed by atoms with van der Waals surface area (Å²) in [6.45, 7) is 6.38. The number of carbonyl (C=O) groups is 1. The lowest BCUT2D eigenvalue weighted by molar-refractivity contribution is 0.0629. The fourth-order valence-corrected chi connectivity index (χ4v) is 4.42. The van der Waals surface area contributed by atoms with E-state index in [4.69, 9.17) is 0 Å². The van der Waals surface area contributed by atoms with Crippen LogP contribution in [-0.2, 0) is 13.0 Å². The van der Waals surface area contributed by atoms with Crippen molar-refractivity contribution in [1.29, 1.82) is 5.26 Å². The Hall–Kier alpha value is -2.64. The molecule has 2 aromatic rings. The number of hydrogen-bond acceptors (Lipinski definition) is 3. The van der Waals surface area contributed by atoms with E-state index in [0.717, 1.165) is 36.2 Å². The first kappa shape index (κ1) is 16.8. The molecule has 1 saturated heterocycles. The van der Waals surface area contributed by atoms with Crippen LogP contribution in [-0.4, -0.2) is 29.9 Å². The van der Waals surface area contributed by atoms with Crippen molar-refractivity contribution in [2.75, 3.05) is 13.1 Å². The summed E-state index contributed by atoms with van der Waals surface area (Å²) in [5.74, 6) is 0.417. The maximum atomic E-state index is 13.4. The minimum absolute atomic E-state index is 0.0952. The van der Waals surface area contributed by atoms with E-state index in [1.807, 2.05) is 36.1 Å². The lowest BCUT2D eigenvalue weighted by Gasteiger charge is -2.39. The lowest BCUT2D eigenvalue weighted by Crippen LogP contribution is -2.48. The van der Waals surface area contributed by atoms with Crippen molar-refractivity contribution in [1.82, 2.24) is 10.2 Å². The number of benzene rings is 2. The third kappa shape index (κ3) is 2.60. The van der Waals surface area contributed by atoms with E-state index >= 15 is 0 Å². The van der Waals surface area contributed by atoms with E-state index in [1.165, 1.54) is 11.1 Å². The van der Waals surface area contributed by atoms with Crippen LogP contribution in [0, 0.1) is 18.3 Å². The van der Waals surface area contributed by atoms with Gasteiger partial charge in [-0.15, -0.1) is 0 Å². The van der Waals surface area contributed by atoms with Crippen molar-refractivity contribution >= 4 is 5.91 Å². The molecule has 2 aromatic carbocycles. The molecule has 2 aliphatic rings. The number of nitriles is 1. The Balaban J connectivity index is 1.78. The minimum Gasteiger partial charge on any atom is -0.329 e. The van der Waals surface area contributed by atoms with E-state index in [1.54, 1.807) is 0 Å². The predicted octanol–water partition coefficient (Wildman–Crippen LogP) is 3.14. The largest absolute Gasteiger partial charge is 0.329 e. The van der Waals surface area contributed by atoms with Gasteiger partial charge in [0, 0.05) is 31.1 Å². The Morgan fingerprint density at radius 1 is 1.27 bits per heavy atom. The topological polar surface area (TPSA) is 56.1 Å². The monoisotopic (exact) mass is 345 g/mol. The quantitative estimate of drug-likeness (QED) is 0.930. The summed E-state index contributed by atoms with van der Waals surface area (Å²) in [4.78, 5) is 15.4. The Kier molecular flexibility index (Phi) is 4.26. The van der Waals surface area contributed by atoms with Crippen LogP contribution in [0.25, 0.3) is 0 Å². The molecule has 0 bridgehead atoms. The van der Waals surface area contributed by atoms with E-state index in [-0.39, 0.29) is 11.9 Å². The zero-order chi connectivity index (χ0) is 18.3. The molecule has 0 radical (unpaired) electrons. The Labute approximate surface area is 154 Å². The summed E-state index contributed by atoms with van der Waals surface area (Å²) in [5, 5.41) is 12.9. The number of hydrogen-bond donors (Lipinski definition) is 1. The average Bonchev–Trinajstić information content (AvgIpc) is 3.14. The summed E-state index contributed by atoms with van der Waals surface area (Å²) < 4.78 is 0. The van der Waals surface area contributed by atoms with Gasteiger partial charge >= 0.3 is 0 Å². The number of amides is 1. The lowest BCUT2D eigenvalue weighted by atomic mass is 9.81. The van der Waals surface area contributed by atoms with Gasteiger partial charge in [-0.2, -0.15) is 5.26 Å². The molecule has 2 aliphatic heterocycles. The van der Waals surface area contributed by atoms with Gasteiger partial charge in [0.15, 0.2) is 0 Å². The summed E-state index contributed by atoms with van der Waals surface area (Å²) in [7, 11) is 0. The van der Waals surface area contributed by atoms with Crippen LogP contribution in [0.5, 0.6) is 0 Å². The van der Waals surface area contributed by atoms with E-state index < -0.39 is 0 Å². The summed E-state index contributed by atoms with van der Waals surface area (Å²) in [5.41, 5.74) is 5.98. The van der Waals surface area contributed by atoms with Gasteiger partial charge in [-0.1, -0.05) is 37.3 Å². The molecule has 26 heavy (non-hydrogen) atoms. The summed E-state index contributed by atoms with van der Waals surface area (Å²) in [6, 6.07) is 14.3. The van der Waals surface area contributed by atoms with Gasteiger partial charge in [-0.25, -0.2) is 0 Å². The number of nitrogens with one attached hydrogen (secondary N) is 1. The van der Waals surface area contributed by atoms with Crippen LogP contribution < -0.4 is 5.32 Å². The van der Waals surface area contributed by atoms with Crippen molar-refractivity contribution in [2.45, 2.75) is 38.8 Å². The maximum Gasteiger partial charge on any atom is 0.255 e. The van der Waals surface area contributed by atoms with Crippen molar-refractivity contribution in [3.05, 3.63) is 69.8 Å². The van der Waals surface area contributed by atoms with Crippen LogP contribution in [0.4, 0.5) is 0 Å². The first-order chi connectivity index (χ1) is 12.6. The standard InChI is InChI=1S/C22H23N3O/c1-3-15-8-14(2)21-18(9-15)19-11-24-12-20(19)25(22(21)26)13-17-7-5-4-6-16(17)10-23/h4-9,19-20,24H,3,11-13H2,1-2H3. The molecule has 4 rings (SSSR count). The van der Waals surface area contributed by atoms with Crippen LogP contribution in [0.1, 0.15) is 51.0 Å². The highest BCUT2D eigenvalue weighted by molar-refractivity contribution is 5.99. The summed E-state index contributed by atoms with van der Waals surface area (Å²) in [6.07, 6.45) is 0.979. The number of fused-ring (bicyclic) bond motifs is 3. The molecule has 0 aromatic heterocycles. The SMILES string of the molecule is CCc1cc(C)c2c(c1)C1CNCC1N(Cc1ccccc1C#N)C2=O. The fraction of sp³-hybridized carbons (Fsp3) is 0.364. The maximum absolute atomic E-state index is 13.4. The molecule has 0 saturated carbocycles. The van der Waals surface area contributed by atoms with Gasteiger partial charge in [0.2, 0.25) is 0 Å². The van der Waals surface area contributed by atoms with Gasteiger partial charge in [0.25, 0.3) is 5.91 Å². The summed E-state index contributed by atoms with van der Waals surface area (Å²) >= 11 is 0. The molecule has 4 heteroatoms. The number of rotatable bonds is 3. The molecule has 2 heterocycles. The van der Waals surface area contributed by atoms with Gasteiger partial charge in [-0.05, 0) is 41.7 Å². The van der Waals surface area contributed by atoms with Crippen LogP contribution in [0.2, 0.25) is 0 Å². The zero-order valence-corrected chi connectivity index (χ0v) is 15.2. The van der Waals surface area contributed by atoms with E-state index in [0.29, 0.717) is 18.0 Å². The second kappa shape index (κ2) is 6.59. The molecular weight excluding hydrogens is 322 g/mol. The molecule has 0 aliphatic carbocycles. The van der Waals surface area contributed by atoms with Crippen molar-refractivity contribution in [2.24, 2.45) is 0 Å². The van der Waals surface area contributed by atoms with Gasteiger partial charge in [0.05, 0.1) is 17.7 Å². The number of aryl methyl sites for hydroxylation is 2. The highest BCUT2D eigenvalue weighted by Crippen LogP contribution is 2.38. The Bertz CT molecular complexity index is 912. The smallest absolute Gasteiger partial charge is 0.255 e. The Morgan fingerprint density at radius 3 is 2.85 bits per heavy atom. The normalized spacial score (nSPS) is 21.3. The minimum atomic E-state index is 0.0952. The van der Waals surface area contributed by atoms with Crippen molar-refractivity contribution in [3.8, 4) is 6.07 Å². The third-order valence-electron chi connectivity index (χ3n) is 5.77.